The van der Waals surface area contributed by atoms with Gasteiger partial charge in [0.1, 0.15) is 15.9 Å². The lowest BCUT2D eigenvalue weighted by molar-refractivity contribution is 0.0697. The summed E-state index contributed by atoms with van der Waals surface area (Å²) < 4.78 is 41.7. The SMILES string of the molecule is Cc1nn(C)c(Cl)c1C(=O)N1CCN(S(=O)(=O)c2ccccc2F)CC1. The Morgan fingerprint density at radius 3 is 2.35 bits per heavy atom. The molecule has 0 N–H and O–H groups in total. The zero-order valence-corrected chi connectivity index (χ0v) is 15.9. The number of carbonyl (C=O) groups excluding carboxylic acids is 1. The van der Waals surface area contributed by atoms with Crippen molar-refractivity contribution in [1.29, 1.82) is 0 Å². The molecule has 10 heteroatoms. The predicted octanol–water partition coefficient (Wildman–Crippen LogP) is 1.67. The van der Waals surface area contributed by atoms with Crippen LogP contribution in [0, 0.1) is 12.7 Å². The van der Waals surface area contributed by atoms with Crippen molar-refractivity contribution in [3.63, 3.8) is 0 Å². The van der Waals surface area contributed by atoms with Crippen LogP contribution in [0.3, 0.4) is 0 Å². The maximum atomic E-state index is 13.9. The molecule has 0 bridgehead atoms. The number of piperazine rings is 1. The smallest absolute Gasteiger partial charge is 0.258 e. The van der Waals surface area contributed by atoms with Crippen LogP contribution in [0.2, 0.25) is 5.15 Å². The summed E-state index contributed by atoms with van der Waals surface area (Å²) in [5, 5.41) is 4.36. The summed E-state index contributed by atoms with van der Waals surface area (Å²) in [5.41, 5.74) is 0.837. The fourth-order valence-corrected chi connectivity index (χ4v) is 4.70. The summed E-state index contributed by atoms with van der Waals surface area (Å²) in [4.78, 5) is 13.9. The Bertz CT molecular complexity index is 952. The molecule has 1 aliphatic heterocycles. The standard InChI is InChI=1S/C16H18ClFN4O3S/c1-11-14(15(17)20(2)19-11)16(23)21-7-9-22(10-8-21)26(24,25)13-6-4-3-5-12(13)18/h3-6H,7-10H2,1-2H3. The van der Waals surface area contributed by atoms with Crippen LogP contribution in [0.25, 0.3) is 0 Å². The van der Waals surface area contributed by atoms with Crippen LogP contribution in [0.1, 0.15) is 16.1 Å². The van der Waals surface area contributed by atoms with E-state index in [-0.39, 0.29) is 42.1 Å². The summed E-state index contributed by atoms with van der Waals surface area (Å²) in [7, 11) is -2.30. The van der Waals surface area contributed by atoms with Crippen molar-refractivity contribution in [3.8, 4) is 0 Å². The molecule has 2 aromatic rings. The van der Waals surface area contributed by atoms with E-state index >= 15 is 0 Å². The average molecular weight is 401 g/mol. The highest BCUT2D eigenvalue weighted by atomic mass is 35.5. The van der Waals surface area contributed by atoms with Crippen LogP contribution in [0.15, 0.2) is 29.2 Å². The van der Waals surface area contributed by atoms with Crippen LogP contribution in [0.4, 0.5) is 4.39 Å². The van der Waals surface area contributed by atoms with Crippen molar-refractivity contribution < 1.29 is 17.6 Å². The van der Waals surface area contributed by atoms with Gasteiger partial charge < -0.3 is 4.90 Å². The fourth-order valence-electron chi connectivity index (χ4n) is 2.96. The second-order valence-corrected chi connectivity index (χ2v) is 8.27. The molecule has 1 aliphatic rings. The highest BCUT2D eigenvalue weighted by Gasteiger charge is 2.33. The van der Waals surface area contributed by atoms with E-state index in [1.54, 1.807) is 14.0 Å². The molecule has 1 fully saturated rings. The first-order valence-corrected chi connectivity index (χ1v) is 9.78. The predicted molar refractivity (Wildman–Crippen MR) is 94.0 cm³/mol. The Labute approximate surface area is 156 Å². The summed E-state index contributed by atoms with van der Waals surface area (Å²) in [6.45, 7) is 2.24. The Morgan fingerprint density at radius 2 is 1.81 bits per heavy atom. The van der Waals surface area contributed by atoms with E-state index in [1.165, 1.54) is 32.1 Å². The van der Waals surface area contributed by atoms with Crippen molar-refractivity contribution in [1.82, 2.24) is 19.0 Å². The summed E-state index contributed by atoms with van der Waals surface area (Å²) in [6.07, 6.45) is 0. The molecule has 140 valence electrons. The minimum atomic E-state index is -3.94. The fraction of sp³-hybridized carbons (Fsp3) is 0.375. The lowest BCUT2D eigenvalue weighted by atomic mass is 10.2. The number of benzene rings is 1. The number of aryl methyl sites for hydroxylation is 2. The monoisotopic (exact) mass is 400 g/mol. The molecule has 1 aromatic carbocycles. The first kappa shape index (κ1) is 18.8. The summed E-state index contributed by atoms with van der Waals surface area (Å²) in [5.74, 6) is -1.08. The Hall–Kier alpha value is -1.97. The number of hydrogen-bond acceptors (Lipinski definition) is 4. The van der Waals surface area contributed by atoms with Gasteiger partial charge in [0, 0.05) is 33.2 Å². The maximum Gasteiger partial charge on any atom is 0.258 e. The van der Waals surface area contributed by atoms with Gasteiger partial charge in [-0.25, -0.2) is 12.8 Å². The zero-order chi connectivity index (χ0) is 19.1. The molecular weight excluding hydrogens is 383 g/mol. The molecule has 0 atom stereocenters. The second-order valence-electron chi connectivity index (χ2n) is 6.00. The highest BCUT2D eigenvalue weighted by Crippen LogP contribution is 2.23. The number of rotatable bonds is 3. The number of nitrogens with zero attached hydrogens (tertiary/aromatic N) is 4. The van der Waals surface area contributed by atoms with Gasteiger partial charge in [-0.05, 0) is 19.1 Å². The molecule has 0 unspecified atom stereocenters. The third-order valence-electron chi connectivity index (χ3n) is 4.35. The largest absolute Gasteiger partial charge is 0.336 e. The molecular formula is C16H18ClFN4O3S. The molecule has 1 aromatic heterocycles. The van der Waals surface area contributed by atoms with E-state index < -0.39 is 15.8 Å². The highest BCUT2D eigenvalue weighted by molar-refractivity contribution is 7.89. The van der Waals surface area contributed by atoms with Gasteiger partial charge in [-0.1, -0.05) is 23.7 Å². The van der Waals surface area contributed by atoms with Gasteiger partial charge in [0.2, 0.25) is 10.0 Å². The van der Waals surface area contributed by atoms with Gasteiger partial charge in [0.15, 0.2) is 0 Å². The van der Waals surface area contributed by atoms with Gasteiger partial charge in [0.25, 0.3) is 5.91 Å². The molecule has 3 rings (SSSR count). The van der Waals surface area contributed by atoms with Gasteiger partial charge in [-0.15, -0.1) is 0 Å². The van der Waals surface area contributed by atoms with Crippen molar-refractivity contribution in [2.45, 2.75) is 11.8 Å². The Balaban J connectivity index is 1.75. The van der Waals surface area contributed by atoms with Crippen molar-refractivity contribution in [2.24, 2.45) is 7.05 Å². The summed E-state index contributed by atoms with van der Waals surface area (Å²) in [6, 6.07) is 5.26. The van der Waals surface area contributed by atoms with E-state index in [9.17, 15) is 17.6 Å². The topological polar surface area (TPSA) is 75.5 Å². The number of sulfonamides is 1. The van der Waals surface area contributed by atoms with Crippen LogP contribution >= 0.6 is 11.6 Å². The average Bonchev–Trinajstić information content (AvgIpc) is 2.87. The number of amides is 1. The molecule has 26 heavy (non-hydrogen) atoms. The lowest BCUT2D eigenvalue weighted by Crippen LogP contribution is -2.50. The molecule has 0 radical (unpaired) electrons. The van der Waals surface area contributed by atoms with Crippen molar-refractivity contribution in [3.05, 3.63) is 46.5 Å². The van der Waals surface area contributed by atoms with Crippen molar-refractivity contribution in [2.75, 3.05) is 26.2 Å². The normalized spacial score (nSPS) is 16.1. The molecule has 0 spiro atoms. The lowest BCUT2D eigenvalue weighted by Gasteiger charge is -2.34. The molecule has 0 saturated carbocycles. The molecule has 0 aliphatic carbocycles. The Kier molecular flexibility index (Phi) is 5.05. The van der Waals surface area contributed by atoms with Crippen LogP contribution in [-0.2, 0) is 17.1 Å². The van der Waals surface area contributed by atoms with E-state index in [1.807, 2.05) is 0 Å². The molecule has 2 heterocycles. The number of aromatic nitrogens is 2. The quantitative estimate of drug-likeness (QED) is 0.785. The number of halogens is 2. The minimum Gasteiger partial charge on any atom is -0.336 e. The van der Waals surface area contributed by atoms with Crippen LogP contribution in [0.5, 0.6) is 0 Å². The molecule has 1 saturated heterocycles. The second kappa shape index (κ2) is 6.98. The van der Waals surface area contributed by atoms with Crippen molar-refractivity contribution >= 4 is 27.5 Å². The van der Waals surface area contributed by atoms with Gasteiger partial charge in [-0.3, -0.25) is 9.48 Å². The van der Waals surface area contributed by atoms with Gasteiger partial charge >= 0.3 is 0 Å². The van der Waals surface area contributed by atoms with Crippen LogP contribution in [-0.4, -0.2) is 59.5 Å². The van der Waals surface area contributed by atoms with Gasteiger partial charge in [-0.2, -0.15) is 9.40 Å². The van der Waals surface area contributed by atoms with E-state index in [4.69, 9.17) is 11.6 Å². The minimum absolute atomic E-state index is 0.0827. The summed E-state index contributed by atoms with van der Waals surface area (Å²) >= 11 is 6.13. The Morgan fingerprint density at radius 1 is 1.19 bits per heavy atom. The third-order valence-corrected chi connectivity index (χ3v) is 6.71. The van der Waals surface area contributed by atoms with Crippen LogP contribution < -0.4 is 0 Å². The van der Waals surface area contributed by atoms with E-state index in [2.05, 4.69) is 5.10 Å². The molecule has 7 nitrogen and oxygen atoms in total. The van der Waals surface area contributed by atoms with Gasteiger partial charge in [0.05, 0.1) is 11.3 Å². The third kappa shape index (κ3) is 3.22. The van der Waals surface area contributed by atoms with E-state index in [0.29, 0.717) is 11.3 Å². The first-order chi connectivity index (χ1) is 12.2. The molecule has 1 amide bonds. The van der Waals surface area contributed by atoms with E-state index in [0.717, 1.165) is 6.07 Å². The number of carbonyl (C=O) groups is 1. The zero-order valence-electron chi connectivity index (χ0n) is 14.3. The maximum absolute atomic E-state index is 13.9. The first-order valence-electron chi connectivity index (χ1n) is 7.96. The number of hydrogen-bond donors (Lipinski definition) is 0.